The molecule has 0 aliphatic heterocycles. The van der Waals surface area contributed by atoms with Crippen molar-refractivity contribution in [2.45, 2.75) is 26.3 Å². The largest absolute Gasteiger partial charge is 0.494 e. The van der Waals surface area contributed by atoms with Crippen LogP contribution in [-0.4, -0.2) is 13.2 Å². The second-order valence-electron chi connectivity index (χ2n) is 4.87. The van der Waals surface area contributed by atoms with E-state index in [4.69, 9.17) is 4.74 Å². The molecule has 0 heterocycles. The van der Waals surface area contributed by atoms with Gasteiger partial charge in [-0.3, -0.25) is 0 Å². The number of aryl methyl sites for hydroxylation is 1. The lowest BCUT2D eigenvalue weighted by molar-refractivity contribution is 0.310. The van der Waals surface area contributed by atoms with Crippen LogP contribution in [0.1, 0.15) is 24.5 Å². The predicted octanol–water partition coefficient (Wildman–Crippen LogP) is 3.81. The fourth-order valence-corrected chi connectivity index (χ4v) is 2.13. The maximum atomic E-state index is 5.82. The van der Waals surface area contributed by atoms with E-state index in [9.17, 15) is 0 Å². The minimum Gasteiger partial charge on any atom is -0.494 e. The molecule has 20 heavy (non-hydrogen) atoms. The molecular formula is C18H23NO. The van der Waals surface area contributed by atoms with Crippen LogP contribution in [0.3, 0.4) is 0 Å². The molecule has 1 N–H and O–H groups in total. The van der Waals surface area contributed by atoms with Gasteiger partial charge >= 0.3 is 0 Å². The molecule has 2 heteroatoms. The van der Waals surface area contributed by atoms with Crippen molar-refractivity contribution in [3.8, 4) is 5.75 Å². The Bertz CT molecular complexity index is 496. The van der Waals surface area contributed by atoms with Gasteiger partial charge in [-0.05, 0) is 42.6 Å². The first-order valence-electron chi connectivity index (χ1n) is 7.35. The number of hydrogen-bond acceptors (Lipinski definition) is 2. The average molecular weight is 269 g/mol. The Morgan fingerprint density at radius 3 is 2.55 bits per heavy atom. The molecule has 2 nitrogen and oxygen atoms in total. The molecule has 2 aromatic rings. The van der Waals surface area contributed by atoms with Gasteiger partial charge in [-0.1, -0.05) is 49.4 Å². The highest BCUT2D eigenvalue weighted by Crippen LogP contribution is 2.14. The van der Waals surface area contributed by atoms with E-state index < -0.39 is 0 Å². The van der Waals surface area contributed by atoms with E-state index in [0.29, 0.717) is 0 Å². The molecule has 0 unspecified atom stereocenters. The molecule has 0 amide bonds. The SMILES string of the molecule is CCNCc1cccc(OCCCc2ccccc2)c1. The molecule has 0 bridgehead atoms. The normalized spacial score (nSPS) is 10.4. The summed E-state index contributed by atoms with van der Waals surface area (Å²) in [6.45, 7) is 4.77. The number of benzene rings is 2. The Morgan fingerprint density at radius 1 is 0.950 bits per heavy atom. The zero-order valence-corrected chi connectivity index (χ0v) is 12.1. The second-order valence-corrected chi connectivity index (χ2v) is 4.87. The van der Waals surface area contributed by atoms with Crippen LogP contribution in [0.4, 0.5) is 0 Å². The van der Waals surface area contributed by atoms with Gasteiger partial charge in [-0.25, -0.2) is 0 Å². The van der Waals surface area contributed by atoms with E-state index in [2.05, 4.69) is 60.8 Å². The molecule has 106 valence electrons. The van der Waals surface area contributed by atoms with Gasteiger partial charge in [-0.15, -0.1) is 0 Å². The lowest BCUT2D eigenvalue weighted by Gasteiger charge is -2.08. The Hall–Kier alpha value is -1.80. The maximum Gasteiger partial charge on any atom is 0.119 e. The van der Waals surface area contributed by atoms with Crippen molar-refractivity contribution in [1.82, 2.24) is 5.32 Å². The van der Waals surface area contributed by atoms with E-state index in [1.165, 1.54) is 11.1 Å². The van der Waals surface area contributed by atoms with Crippen LogP contribution in [0.15, 0.2) is 54.6 Å². The zero-order valence-electron chi connectivity index (χ0n) is 12.1. The fraction of sp³-hybridized carbons (Fsp3) is 0.333. The van der Waals surface area contributed by atoms with Gasteiger partial charge in [0.15, 0.2) is 0 Å². The summed E-state index contributed by atoms with van der Waals surface area (Å²) >= 11 is 0. The van der Waals surface area contributed by atoms with Crippen molar-refractivity contribution in [2.24, 2.45) is 0 Å². The lowest BCUT2D eigenvalue weighted by Crippen LogP contribution is -2.11. The highest BCUT2D eigenvalue weighted by atomic mass is 16.5. The monoisotopic (exact) mass is 269 g/mol. The number of hydrogen-bond donors (Lipinski definition) is 1. The Kier molecular flexibility index (Phi) is 6.12. The minimum absolute atomic E-state index is 0.763. The predicted molar refractivity (Wildman–Crippen MR) is 84.1 cm³/mol. The van der Waals surface area contributed by atoms with Crippen molar-refractivity contribution in [2.75, 3.05) is 13.2 Å². The third-order valence-electron chi connectivity index (χ3n) is 3.20. The Labute approximate surface area is 121 Å². The van der Waals surface area contributed by atoms with E-state index in [1.54, 1.807) is 0 Å². The first-order chi connectivity index (χ1) is 9.88. The molecule has 2 rings (SSSR count). The van der Waals surface area contributed by atoms with Gasteiger partial charge in [-0.2, -0.15) is 0 Å². The molecule has 2 aromatic carbocycles. The van der Waals surface area contributed by atoms with Crippen LogP contribution in [-0.2, 0) is 13.0 Å². The summed E-state index contributed by atoms with van der Waals surface area (Å²) in [7, 11) is 0. The smallest absolute Gasteiger partial charge is 0.119 e. The van der Waals surface area contributed by atoms with Gasteiger partial charge in [0.1, 0.15) is 5.75 Å². The summed E-state index contributed by atoms with van der Waals surface area (Å²) in [5, 5.41) is 3.32. The summed E-state index contributed by atoms with van der Waals surface area (Å²) < 4.78 is 5.82. The van der Waals surface area contributed by atoms with E-state index >= 15 is 0 Å². The Balaban J connectivity index is 1.73. The summed E-state index contributed by atoms with van der Waals surface area (Å²) in [6.07, 6.45) is 2.11. The van der Waals surface area contributed by atoms with Gasteiger partial charge in [0, 0.05) is 6.54 Å². The molecule has 0 fully saturated rings. The molecule has 0 saturated heterocycles. The molecule has 0 aromatic heterocycles. The van der Waals surface area contributed by atoms with Crippen LogP contribution in [0.2, 0.25) is 0 Å². The third kappa shape index (κ3) is 5.06. The van der Waals surface area contributed by atoms with Gasteiger partial charge in [0.25, 0.3) is 0 Å². The maximum absolute atomic E-state index is 5.82. The van der Waals surface area contributed by atoms with Gasteiger partial charge < -0.3 is 10.1 Å². The zero-order chi connectivity index (χ0) is 14.0. The van der Waals surface area contributed by atoms with Crippen molar-refractivity contribution in [3.63, 3.8) is 0 Å². The molecular weight excluding hydrogens is 246 g/mol. The average Bonchev–Trinajstić information content (AvgIpc) is 2.51. The number of rotatable bonds is 8. The van der Waals surface area contributed by atoms with Gasteiger partial charge in [0.05, 0.1) is 6.61 Å². The summed E-state index contributed by atoms with van der Waals surface area (Å²) in [4.78, 5) is 0. The van der Waals surface area contributed by atoms with Crippen molar-refractivity contribution >= 4 is 0 Å². The van der Waals surface area contributed by atoms with E-state index in [1.807, 2.05) is 6.07 Å². The molecule has 0 atom stereocenters. The summed E-state index contributed by atoms with van der Waals surface area (Å²) in [6, 6.07) is 18.9. The molecule has 0 aliphatic rings. The molecule has 0 radical (unpaired) electrons. The van der Waals surface area contributed by atoms with Crippen LogP contribution < -0.4 is 10.1 Å². The van der Waals surface area contributed by atoms with Gasteiger partial charge in [0.2, 0.25) is 0 Å². The Morgan fingerprint density at radius 2 is 1.75 bits per heavy atom. The summed E-state index contributed by atoms with van der Waals surface area (Å²) in [5.41, 5.74) is 2.64. The number of ether oxygens (including phenoxy) is 1. The second kappa shape index (κ2) is 8.39. The lowest BCUT2D eigenvalue weighted by atomic mass is 10.1. The van der Waals surface area contributed by atoms with E-state index in [0.717, 1.165) is 38.3 Å². The summed E-state index contributed by atoms with van der Waals surface area (Å²) in [5.74, 6) is 0.966. The number of nitrogens with one attached hydrogen (secondary N) is 1. The van der Waals surface area contributed by atoms with E-state index in [-0.39, 0.29) is 0 Å². The molecule has 0 aliphatic carbocycles. The van der Waals surface area contributed by atoms with Crippen LogP contribution in [0.5, 0.6) is 5.75 Å². The van der Waals surface area contributed by atoms with Crippen LogP contribution >= 0.6 is 0 Å². The molecule has 0 saturated carbocycles. The quantitative estimate of drug-likeness (QED) is 0.736. The van der Waals surface area contributed by atoms with Crippen molar-refractivity contribution in [1.29, 1.82) is 0 Å². The van der Waals surface area contributed by atoms with Crippen LogP contribution in [0, 0.1) is 0 Å². The van der Waals surface area contributed by atoms with Crippen LogP contribution in [0.25, 0.3) is 0 Å². The first-order valence-corrected chi connectivity index (χ1v) is 7.35. The standard InChI is InChI=1S/C18H23NO/c1-2-19-15-17-10-6-12-18(14-17)20-13-7-11-16-8-4-3-5-9-16/h3-6,8-10,12,14,19H,2,7,11,13,15H2,1H3. The molecule has 0 spiro atoms. The highest BCUT2D eigenvalue weighted by molar-refractivity contribution is 5.28. The topological polar surface area (TPSA) is 21.3 Å². The minimum atomic E-state index is 0.763. The van der Waals surface area contributed by atoms with Crippen molar-refractivity contribution in [3.05, 3.63) is 65.7 Å². The fourth-order valence-electron chi connectivity index (χ4n) is 2.13. The third-order valence-corrected chi connectivity index (χ3v) is 3.20. The highest BCUT2D eigenvalue weighted by Gasteiger charge is 1.97. The first kappa shape index (κ1) is 14.6. The van der Waals surface area contributed by atoms with Crippen molar-refractivity contribution < 1.29 is 4.74 Å².